The lowest BCUT2D eigenvalue weighted by Gasteiger charge is -2.32. The van der Waals surface area contributed by atoms with Crippen molar-refractivity contribution >= 4 is 11.4 Å². The number of nitrogen functional groups attached to an aromatic ring is 2. The highest BCUT2D eigenvalue weighted by molar-refractivity contribution is 5.74. The van der Waals surface area contributed by atoms with Crippen molar-refractivity contribution in [2.24, 2.45) is 0 Å². The van der Waals surface area contributed by atoms with E-state index in [4.69, 9.17) is 11.5 Å². The minimum Gasteiger partial charge on any atom is -0.398 e. The Balaban J connectivity index is 1.84. The van der Waals surface area contributed by atoms with Gasteiger partial charge in [-0.05, 0) is 73.1 Å². The molecule has 2 aliphatic carbocycles. The minimum atomic E-state index is 0.544. The molecule has 2 aromatic carbocycles. The number of hydrogen-bond acceptors (Lipinski definition) is 2. The van der Waals surface area contributed by atoms with Crippen LogP contribution >= 0.6 is 0 Å². The number of nitrogens with two attached hydrogens (primary N) is 2. The predicted octanol–water partition coefficient (Wildman–Crippen LogP) is 6.85. The molecule has 0 amide bonds. The Morgan fingerprint density at radius 2 is 1.25 bits per heavy atom. The molecule has 2 heteroatoms. The van der Waals surface area contributed by atoms with Gasteiger partial charge >= 0.3 is 0 Å². The Morgan fingerprint density at radius 1 is 0.714 bits per heavy atom. The number of anilines is 2. The van der Waals surface area contributed by atoms with Gasteiger partial charge in [-0.15, -0.1) is 0 Å². The zero-order chi connectivity index (χ0) is 19.5. The molecule has 2 saturated carbocycles. The van der Waals surface area contributed by atoms with Crippen molar-refractivity contribution in [2.75, 3.05) is 11.5 Å². The van der Waals surface area contributed by atoms with Crippen LogP contribution in [-0.2, 0) is 6.42 Å². The van der Waals surface area contributed by atoms with Crippen LogP contribution in [0.1, 0.15) is 104 Å². The number of benzene rings is 2. The Morgan fingerprint density at radius 3 is 1.82 bits per heavy atom. The van der Waals surface area contributed by atoms with Gasteiger partial charge in [-0.25, -0.2) is 0 Å². The molecule has 0 unspecified atom stereocenters. The summed E-state index contributed by atoms with van der Waals surface area (Å²) in [6.07, 6.45) is 14.0. The van der Waals surface area contributed by atoms with Crippen LogP contribution in [0, 0.1) is 6.92 Å². The van der Waals surface area contributed by atoms with E-state index in [2.05, 4.69) is 37.3 Å². The Hall–Kier alpha value is -1.96. The van der Waals surface area contributed by atoms with E-state index < -0.39 is 0 Å². The zero-order valence-electron chi connectivity index (χ0n) is 17.5. The summed E-state index contributed by atoms with van der Waals surface area (Å²) in [4.78, 5) is 0. The molecule has 0 spiro atoms. The fourth-order valence-corrected chi connectivity index (χ4v) is 5.79. The molecule has 4 rings (SSSR count). The van der Waals surface area contributed by atoms with Gasteiger partial charge in [0.1, 0.15) is 0 Å². The standard InChI is InChI=1S/C26H36N2/c1-18-23(20-13-7-3-8-14-20)22(17-19-11-5-2-6-12-19)26(28)24(25(18)27)21-15-9-4-10-16-21/h2,5-6,11-12,20-21H,3-4,7-10,13-17,27-28H2,1H3. The van der Waals surface area contributed by atoms with Gasteiger partial charge in [0.05, 0.1) is 0 Å². The zero-order valence-corrected chi connectivity index (χ0v) is 17.5. The Bertz CT molecular complexity index is 797. The molecule has 2 aromatic rings. The SMILES string of the molecule is Cc1c(N)c(C2CCCCC2)c(N)c(Cc2ccccc2)c1C1CCCCC1. The normalized spacial score (nSPS) is 19.0. The summed E-state index contributed by atoms with van der Waals surface area (Å²) in [6, 6.07) is 10.8. The van der Waals surface area contributed by atoms with E-state index in [1.165, 1.54) is 92.0 Å². The first-order chi connectivity index (χ1) is 13.7. The molecule has 2 nitrogen and oxygen atoms in total. The third-order valence-corrected chi connectivity index (χ3v) is 7.29. The fraction of sp³-hybridized carbons (Fsp3) is 0.538. The lowest BCUT2D eigenvalue weighted by molar-refractivity contribution is 0.437. The summed E-state index contributed by atoms with van der Waals surface area (Å²) in [5.74, 6) is 1.17. The quantitative estimate of drug-likeness (QED) is 0.574. The highest BCUT2D eigenvalue weighted by Gasteiger charge is 2.29. The van der Waals surface area contributed by atoms with Crippen molar-refractivity contribution in [3.05, 3.63) is 58.1 Å². The van der Waals surface area contributed by atoms with Gasteiger partial charge in [0, 0.05) is 16.9 Å². The molecule has 0 heterocycles. The molecule has 0 radical (unpaired) electrons. The molecule has 0 bridgehead atoms. The molecule has 4 N–H and O–H groups in total. The van der Waals surface area contributed by atoms with Gasteiger partial charge in [-0.2, -0.15) is 0 Å². The highest BCUT2D eigenvalue weighted by Crippen LogP contribution is 2.47. The van der Waals surface area contributed by atoms with Crippen molar-refractivity contribution in [3.63, 3.8) is 0 Å². The van der Waals surface area contributed by atoms with Crippen LogP contribution in [0.5, 0.6) is 0 Å². The van der Waals surface area contributed by atoms with Gasteiger partial charge < -0.3 is 11.5 Å². The number of rotatable bonds is 4. The molecule has 2 fully saturated rings. The van der Waals surface area contributed by atoms with E-state index in [1.54, 1.807) is 0 Å². The molecule has 150 valence electrons. The van der Waals surface area contributed by atoms with Gasteiger partial charge in [0.15, 0.2) is 0 Å². The highest BCUT2D eigenvalue weighted by atomic mass is 14.7. The molecular weight excluding hydrogens is 340 g/mol. The topological polar surface area (TPSA) is 52.0 Å². The van der Waals surface area contributed by atoms with Crippen LogP contribution in [0.3, 0.4) is 0 Å². The Kier molecular flexibility index (Phi) is 5.94. The summed E-state index contributed by atoms with van der Waals surface area (Å²) in [6.45, 7) is 2.26. The third kappa shape index (κ3) is 3.79. The smallest absolute Gasteiger partial charge is 0.0409 e. The minimum absolute atomic E-state index is 0.544. The van der Waals surface area contributed by atoms with Crippen molar-refractivity contribution in [1.82, 2.24) is 0 Å². The van der Waals surface area contributed by atoms with Gasteiger partial charge in [-0.1, -0.05) is 68.9 Å². The van der Waals surface area contributed by atoms with Crippen LogP contribution in [0.4, 0.5) is 11.4 Å². The molecular formula is C26H36N2. The summed E-state index contributed by atoms with van der Waals surface area (Å²) < 4.78 is 0. The van der Waals surface area contributed by atoms with E-state index >= 15 is 0 Å². The first-order valence-electron chi connectivity index (χ1n) is 11.4. The molecule has 0 aliphatic heterocycles. The molecule has 0 atom stereocenters. The second kappa shape index (κ2) is 8.59. The first kappa shape index (κ1) is 19.4. The van der Waals surface area contributed by atoms with Crippen molar-refractivity contribution in [3.8, 4) is 0 Å². The molecule has 2 aliphatic rings. The molecule has 28 heavy (non-hydrogen) atoms. The lowest BCUT2D eigenvalue weighted by atomic mass is 9.74. The second-order valence-electron chi connectivity index (χ2n) is 9.09. The molecule has 0 aromatic heterocycles. The summed E-state index contributed by atoms with van der Waals surface area (Å²) in [5.41, 5.74) is 22.6. The average Bonchev–Trinajstić information content (AvgIpc) is 2.74. The average molecular weight is 377 g/mol. The van der Waals surface area contributed by atoms with E-state index in [1.807, 2.05) is 0 Å². The van der Waals surface area contributed by atoms with E-state index in [0.29, 0.717) is 11.8 Å². The fourth-order valence-electron chi connectivity index (χ4n) is 5.79. The maximum Gasteiger partial charge on any atom is 0.0409 e. The molecule has 0 saturated heterocycles. The van der Waals surface area contributed by atoms with Crippen LogP contribution in [0.25, 0.3) is 0 Å². The Labute approximate surface area is 170 Å². The van der Waals surface area contributed by atoms with Crippen LogP contribution < -0.4 is 11.5 Å². The predicted molar refractivity (Wildman–Crippen MR) is 121 cm³/mol. The first-order valence-corrected chi connectivity index (χ1v) is 11.4. The summed E-state index contributed by atoms with van der Waals surface area (Å²) >= 11 is 0. The summed E-state index contributed by atoms with van der Waals surface area (Å²) in [5, 5.41) is 0. The number of hydrogen-bond donors (Lipinski definition) is 2. The largest absolute Gasteiger partial charge is 0.398 e. The lowest BCUT2D eigenvalue weighted by Crippen LogP contribution is -2.18. The monoisotopic (exact) mass is 376 g/mol. The van der Waals surface area contributed by atoms with Crippen molar-refractivity contribution < 1.29 is 0 Å². The van der Waals surface area contributed by atoms with Crippen molar-refractivity contribution in [1.29, 1.82) is 0 Å². The van der Waals surface area contributed by atoms with E-state index in [-0.39, 0.29) is 0 Å². The van der Waals surface area contributed by atoms with E-state index in [9.17, 15) is 0 Å². The van der Waals surface area contributed by atoms with E-state index in [0.717, 1.165) is 17.8 Å². The van der Waals surface area contributed by atoms with Gasteiger partial charge in [-0.3, -0.25) is 0 Å². The van der Waals surface area contributed by atoms with Crippen LogP contribution in [0.15, 0.2) is 30.3 Å². The van der Waals surface area contributed by atoms with Gasteiger partial charge in [0.2, 0.25) is 0 Å². The van der Waals surface area contributed by atoms with Crippen LogP contribution in [0.2, 0.25) is 0 Å². The van der Waals surface area contributed by atoms with Crippen LogP contribution in [-0.4, -0.2) is 0 Å². The third-order valence-electron chi connectivity index (χ3n) is 7.29. The maximum absolute atomic E-state index is 6.96. The maximum atomic E-state index is 6.96. The van der Waals surface area contributed by atoms with Gasteiger partial charge in [0.25, 0.3) is 0 Å². The second-order valence-corrected chi connectivity index (χ2v) is 9.09. The van der Waals surface area contributed by atoms with Crippen molar-refractivity contribution in [2.45, 2.75) is 89.4 Å². The summed E-state index contributed by atoms with van der Waals surface area (Å²) in [7, 11) is 0.